The topological polar surface area (TPSA) is 24.1 Å². The van der Waals surface area contributed by atoms with E-state index < -0.39 is 0 Å². The van der Waals surface area contributed by atoms with Gasteiger partial charge in [-0.2, -0.15) is 0 Å². The van der Waals surface area contributed by atoms with Crippen LogP contribution in [0.4, 0.5) is 0 Å². The third-order valence-corrected chi connectivity index (χ3v) is 2.84. The van der Waals surface area contributed by atoms with Gasteiger partial charge >= 0.3 is 0 Å². The fraction of sp³-hybridized carbons (Fsp3) is 0.500. The maximum Gasteiger partial charge on any atom is 0.0208 e. The Morgan fingerprint density at radius 1 is 1.43 bits per heavy atom. The van der Waals surface area contributed by atoms with E-state index in [9.17, 15) is 0 Å². The summed E-state index contributed by atoms with van der Waals surface area (Å²) in [5, 5.41) is 6.88. The van der Waals surface area contributed by atoms with E-state index in [1.54, 1.807) is 0 Å². The normalized spacial score (nSPS) is 20.5. The molecule has 0 fully saturated rings. The highest BCUT2D eigenvalue weighted by molar-refractivity contribution is 5.32. The van der Waals surface area contributed by atoms with Crippen molar-refractivity contribution in [1.29, 1.82) is 0 Å². The van der Waals surface area contributed by atoms with Crippen molar-refractivity contribution in [2.75, 3.05) is 19.6 Å². The first-order chi connectivity index (χ1) is 6.92. The molecule has 1 aromatic rings. The van der Waals surface area contributed by atoms with Gasteiger partial charge in [0.25, 0.3) is 0 Å². The highest BCUT2D eigenvalue weighted by Gasteiger charge is 2.18. The molecule has 2 nitrogen and oxygen atoms in total. The summed E-state index contributed by atoms with van der Waals surface area (Å²) < 4.78 is 0. The highest BCUT2D eigenvalue weighted by Crippen LogP contribution is 2.22. The largest absolute Gasteiger partial charge is 0.316 e. The molecule has 1 atom stereocenters. The van der Waals surface area contributed by atoms with Gasteiger partial charge in [0.1, 0.15) is 0 Å². The summed E-state index contributed by atoms with van der Waals surface area (Å²) in [6.07, 6.45) is 0. The standard InChI is InChI=1S/C12H18N2/c1-2-13-8-11-9-14-7-10-5-3-4-6-12(10)11/h3-6,11,13-14H,2,7-9H2,1H3. The summed E-state index contributed by atoms with van der Waals surface area (Å²) in [6.45, 7) is 6.42. The minimum atomic E-state index is 0.639. The summed E-state index contributed by atoms with van der Waals surface area (Å²) in [6, 6.07) is 8.75. The van der Waals surface area contributed by atoms with Crippen LogP contribution in [0.15, 0.2) is 24.3 Å². The van der Waals surface area contributed by atoms with Crippen molar-refractivity contribution in [2.24, 2.45) is 0 Å². The number of fused-ring (bicyclic) bond motifs is 1. The first kappa shape index (κ1) is 9.69. The molecule has 0 aliphatic carbocycles. The minimum Gasteiger partial charge on any atom is -0.316 e. The zero-order chi connectivity index (χ0) is 9.80. The molecule has 0 saturated carbocycles. The minimum absolute atomic E-state index is 0.639. The van der Waals surface area contributed by atoms with Gasteiger partial charge in [-0.25, -0.2) is 0 Å². The highest BCUT2D eigenvalue weighted by atomic mass is 14.9. The molecule has 14 heavy (non-hydrogen) atoms. The van der Waals surface area contributed by atoms with Crippen LogP contribution in [0.1, 0.15) is 24.0 Å². The second-order valence-corrected chi connectivity index (χ2v) is 3.83. The van der Waals surface area contributed by atoms with Crippen molar-refractivity contribution in [1.82, 2.24) is 10.6 Å². The molecule has 1 aromatic carbocycles. The molecule has 2 heteroatoms. The molecular formula is C12H18N2. The lowest BCUT2D eigenvalue weighted by molar-refractivity contribution is 0.510. The molecule has 0 saturated heterocycles. The predicted molar refractivity (Wildman–Crippen MR) is 59.4 cm³/mol. The monoisotopic (exact) mass is 190 g/mol. The van der Waals surface area contributed by atoms with E-state index in [0.29, 0.717) is 5.92 Å². The van der Waals surface area contributed by atoms with E-state index in [1.165, 1.54) is 11.1 Å². The first-order valence-corrected chi connectivity index (χ1v) is 5.41. The molecule has 1 unspecified atom stereocenters. The quantitative estimate of drug-likeness (QED) is 0.754. The van der Waals surface area contributed by atoms with Gasteiger partial charge in [-0.15, -0.1) is 0 Å². The van der Waals surface area contributed by atoms with Gasteiger partial charge < -0.3 is 10.6 Å². The van der Waals surface area contributed by atoms with Crippen molar-refractivity contribution in [3.05, 3.63) is 35.4 Å². The van der Waals surface area contributed by atoms with Gasteiger partial charge in [0.15, 0.2) is 0 Å². The number of rotatable bonds is 3. The van der Waals surface area contributed by atoms with Crippen LogP contribution in [0.5, 0.6) is 0 Å². The van der Waals surface area contributed by atoms with E-state index in [2.05, 4.69) is 41.8 Å². The molecule has 0 spiro atoms. The van der Waals surface area contributed by atoms with Gasteiger partial charge in [-0.3, -0.25) is 0 Å². The van der Waals surface area contributed by atoms with Crippen LogP contribution in [0.2, 0.25) is 0 Å². The van der Waals surface area contributed by atoms with Crippen LogP contribution in [0, 0.1) is 0 Å². The Bertz CT molecular complexity index is 296. The Balaban J connectivity index is 2.14. The van der Waals surface area contributed by atoms with Gasteiger partial charge in [0, 0.05) is 25.6 Å². The lowest BCUT2D eigenvalue weighted by atomic mass is 9.91. The molecule has 1 aliphatic heterocycles. The number of benzene rings is 1. The molecule has 2 N–H and O–H groups in total. The number of hydrogen-bond acceptors (Lipinski definition) is 2. The zero-order valence-electron chi connectivity index (χ0n) is 8.72. The number of likely N-dealkylation sites (N-methyl/N-ethyl adjacent to an activating group) is 1. The third-order valence-electron chi connectivity index (χ3n) is 2.84. The maximum absolute atomic E-state index is 3.46. The van der Waals surface area contributed by atoms with E-state index in [1.807, 2.05) is 0 Å². The Kier molecular flexibility index (Phi) is 3.17. The van der Waals surface area contributed by atoms with Gasteiger partial charge in [0.05, 0.1) is 0 Å². The average Bonchev–Trinajstić information content (AvgIpc) is 2.26. The van der Waals surface area contributed by atoms with Gasteiger partial charge in [0.2, 0.25) is 0 Å². The predicted octanol–water partition coefficient (Wildman–Crippen LogP) is 1.48. The fourth-order valence-electron chi connectivity index (χ4n) is 2.09. The van der Waals surface area contributed by atoms with E-state index >= 15 is 0 Å². The fourth-order valence-corrected chi connectivity index (χ4v) is 2.09. The summed E-state index contributed by atoms with van der Waals surface area (Å²) in [4.78, 5) is 0. The number of nitrogens with one attached hydrogen (secondary N) is 2. The molecular weight excluding hydrogens is 172 g/mol. The molecule has 76 valence electrons. The molecule has 0 amide bonds. The summed E-state index contributed by atoms with van der Waals surface area (Å²) >= 11 is 0. The van der Waals surface area contributed by atoms with Crippen molar-refractivity contribution in [2.45, 2.75) is 19.4 Å². The molecule has 0 aromatic heterocycles. The second-order valence-electron chi connectivity index (χ2n) is 3.83. The van der Waals surface area contributed by atoms with Gasteiger partial charge in [-0.05, 0) is 17.7 Å². The summed E-state index contributed by atoms with van der Waals surface area (Å²) in [5.74, 6) is 0.639. The van der Waals surface area contributed by atoms with Crippen molar-refractivity contribution >= 4 is 0 Å². The summed E-state index contributed by atoms with van der Waals surface area (Å²) in [5.41, 5.74) is 2.98. The molecule has 1 aliphatic rings. The molecule has 1 heterocycles. The van der Waals surface area contributed by atoms with Gasteiger partial charge in [-0.1, -0.05) is 31.2 Å². The molecule has 0 radical (unpaired) electrons. The van der Waals surface area contributed by atoms with Crippen LogP contribution in [0.25, 0.3) is 0 Å². The van der Waals surface area contributed by atoms with Crippen LogP contribution in [-0.2, 0) is 6.54 Å². The van der Waals surface area contributed by atoms with Crippen molar-refractivity contribution in [3.8, 4) is 0 Å². The first-order valence-electron chi connectivity index (χ1n) is 5.41. The van der Waals surface area contributed by atoms with Crippen LogP contribution < -0.4 is 10.6 Å². The molecule has 0 bridgehead atoms. The average molecular weight is 190 g/mol. The SMILES string of the molecule is CCNCC1CNCc2ccccc21. The van der Waals surface area contributed by atoms with E-state index in [0.717, 1.165) is 26.2 Å². The van der Waals surface area contributed by atoms with E-state index in [4.69, 9.17) is 0 Å². The Labute approximate surface area is 85.7 Å². The Morgan fingerprint density at radius 2 is 2.29 bits per heavy atom. The smallest absolute Gasteiger partial charge is 0.0208 e. The Hall–Kier alpha value is -0.860. The lowest BCUT2D eigenvalue weighted by Gasteiger charge is -2.26. The van der Waals surface area contributed by atoms with E-state index in [-0.39, 0.29) is 0 Å². The second kappa shape index (κ2) is 4.58. The number of hydrogen-bond donors (Lipinski definition) is 2. The molecule has 2 rings (SSSR count). The van der Waals surface area contributed by atoms with Crippen LogP contribution in [-0.4, -0.2) is 19.6 Å². The Morgan fingerprint density at radius 3 is 3.14 bits per heavy atom. The van der Waals surface area contributed by atoms with Crippen LogP contribution >= 0.6 is 0 Å². The summed E-state index contributed by atoms with van der Waals surface area (Å²) in [7, 11) is 0. The zero-order valence-corrected chi connectivity index (χ0v) is 8.72. The van der Waals surface area contributed by atoms with Crippen molar-refractivity contribution < 1.29 is 0 Å². The van der Waals surface area contributed by atoms with Crippen molar-refractivity contribution in [3.63, 3.8) is 0 Å². The van der Waals surface area contributed by atoms with Crippen LogP contribution in [0.3, 0.4) is 0 Å². The maximum atomic E-state index is 3.46. The lowest BCUT2D eigenvalue weighted by Crippen LogP contribution is -2.34. The third kappa shape index (κ3) is 1.97.